The van der Waals surface area contributed by atoms with Gasteiger partial charge in [0.25, 0.3) is 0 Å². The van der Waals surface area contributed by atoms with Crippen molar-refractivity contribution in [2.45, 2.75) is 44.6 Å². The van der Waals surface area contributed by atoms with Gasteiger partial charge in [-0.15, -0.1) is 0 Å². The zero-order valence-electron chi connectivity index (χ0n) is 11.7. The van der Waals surface area contributed by atoms with Crippen LogP contribution in [0.1, 0.15) is 38.2 Å². The molecular weight excluding hydrogens is 236 g/mol. The van der Waals surface area contributed by atoms with E-state index in [1.165, 1.54) is 12.0 Å². The number of nitrogens with one attached hydrogen (secondary N) is 1. The molecule has 3 N–H and O–H groups in total. The van der Waals surface area contributed by atoms with Crippen LogP contribution >= 0.6 is 0 Å². The van der Waals surface area contributed by atoms with Crippen molar-refractivity contribution in [1.29, 1.82) is 0 Å². The second-order valence-corrected chi connectivity index (χ2v) is 5.60. The highest BCUT2D eigenvalue weighted by atomic mass is 16.2. The van der Waals surface area contributed by atoms with Crippen LogP contribution in [-0.4, -0.2) is 18.0 Å². The Bertz CT molecular complexity index is 407. The van der Waals surface area contributed by atoms with E-state index in [0.29, 0.717) is 6.54 Å². The van der Waals surface area contributed by atoms with Crippen LogP contribution in [0.15, 0.2) is 30.3 Å². The molecule has 1 unspecified atom stereocenters. The van der Waals surface area contributed by atoms with Gasteiger partial charge in [0.05, 0.1) is 5.92 Å². The van der Waals surface area contributed by atoms with Crippen molar-refractivity contribution in [2.24, 2.45) is 11.7 Å². The first kappa shape index (κ1) is 14.1. The molecule has 1 aliphatic rings. The molecule has 2 rings (SSSR count). The highest BCUT2D eigenvalue weighted by Gasteiger charge is 2.37. The van der Waals surface area contributed by atoms with Crippen LogP contribution in [0.5, 0.6) is 0 Å². The van der Waals surface area contributed by atoms with E-state index in [4.69, 9.17) is 5.73 Å². The van der Waals surface area contributed by atoms with Crippen LogP contribution < -0.4 is 11.1 Å². The first-order valence-corrected chi connectivity index (χ1v) is 7.25. The van der Waals surface area contributed by atoms with Gasteiger partial charge in [0.15, 0.2) is 0 Å². The molecule has 19 heavy (non-hydrogen) atoms. The summed E-state index contributed by atoms with van der Waals surface area (Å²) in [6, 6.07) is 10.1. The van der Waals surface area contributed by atoms with Crippen molar-refractivity contribution in [3.8, 4) is 0 Å². The lowest BCUT2D eigenvalue weighted by Gasteiger charge is -2.42. The average Bonchev–Trinajstić information content (AvgIpc) is 2.41. The molecule has 1 aromatic carbocycles. The molecule has 3 nitrogen and oxygen atoms in total. The Balaban J connectivity index is 1.95. The lowest BCUT2D eigenvalue weighted by atomic mass is 9.74. The van der Waals surface area contributed by atoms with E-state index in [1.54, 1.807) is 0 Å². The van der Waals surface area contributed by atoms with Gasteiger partial charge in [0, 0.05) is 12.1 Å². The smallest absolute Gasteiger partial charge is 0.225 e. The van der Waals surface area contributed by atoms with E-state index >= 15 is 0 Å². The summed E-state index contributed by atoms with van der Waals surface area (Å²) in [5, 5.41) is 3.23. The summed E-state index contributed by atoms with van der Waals surface area (Å²) in [6.07, 6.45) is 5.18. The molecule has 0 heterocycles. The largest absolute Gasteiger partial charge is 0.350 e. The third-order valence-electron chi connectivity index (χ3n) is 4.36. The van der Waals surface area contributed by atoms with E-state index in [9.17, 15) is 4.79 Å². The molecular formula is C16H24N2O. The van der Waals surface area contributed by atoms with E-state index < -0.39 is 0 Å². The first-order chi connectivity index (χ1) is 9.19. The molecule has 0 aromatic heterocycles. The van der Waals surface area contributed by atoms with E-state index in [2.05, 4.69) is 24.4 Å². The van der Waals surface area contributed by atoms with Crippen LogP contribution in [0.3, 0.4) is 0 Å². The van der Waals surface area contributed by atoms with E-state index in [1.807, 2.05) is 18.2 Å². The van der Waals surface area contributed by atoms with Gasteiger partial charge in [-0.05, 0) is 37.7 Å². The normalized spacial score (nSPS) is 18.4. The van der Waals surface area contributed by atoms with Crippen molar-refractivity contribution in [3.05, 3.63) is 35.9 Å². The predicted octanol–water partition coefficient (Wildman–Crippen LogP) is 2.25. The van der Waals surface area contributed by atoms with Crippen LogP contribution in [0, 0.1) is 5.92 Å². The number of amides is 1. The fourth-order valence-corrected chi connectivity index (χ4v) is 2.72. The molecule has 1 amide bonds. The quantitative estimate of drug-likeness (QED) is 0.824. The SMILES string of the molecule is CCC1(NC(=O)C(CN)Cc2ccccc2)CCC1. The van der Waals surface area contributed by atoms with Gasteiger partial charge in [-0.1, -0.05) is 37.3 Å². The summed E-state index contributed by atoms with van der Waals surface area (Å²) in [5.74, 6) is -0.000622. The highest BCUT2D eigenvalue weighted by Crippen LogP contribution is 2.34. The van der Waals surface area contributed by atoms with Gasteiger partial charge >= 0.3 is 0 Å². The summed E-state index contributed by atoms with van der Waals surface area (Å²) in [4.78, 5) is 12.4. The Morgan fingerprint density at radius 1 is 1.37 bits per heavy atom. The molecule has 0 radical (unpaired) electrons. The summed E-state index contributed by atoms with van der Waals surface area (Å²) in [7, 11) is 0. The predicted molar refractivity (Wildman–Crippen MR) is 77.7 cm³/mol. The van der Waals surface area contributed by atoms with Crippen LogP contribution in [0.25, 0.3) is 0 Å². The summed E-state index contributed by atoms with van der Waals surface area (Å²) in [6.45, 7) is 2.55. The molecule has 0 saturated heterocycles. The van der Waals surface area contributed by atoms with E-state index in [-0.39, 0.29) is 17.4 Å². The minimum Gasteiger partial charge on any atom is -0.350 e. The van der Waals surface area contributed by atoms with Crippen molar-refractivity contribution >= 4 is 5.91 Å². The number of hydrogen-bond acceptors (Lipinski definition) is 2. The van der Waals surface area contributed by atoms with Gasteiger partial charge in [0.1, 0.15) is 0 Å². The fourth-order valence-electron chi connectivity index (χ4n) is 2.72. The summed E-state index contributed by atoms with van der Waals surface area (Å²) >= 11 is 0. The molecule has 1 saturated carbocycles. The van der Waals surface area contributed by atoms with Crippen LogP contribution in [0.4, 0.5) is 0 Å². The molecule has 1 fully saturated rings. The van der Waals surface area contributed by atoms with Crippen molar-refractivity contribution in [2.75, 3.05) is 6.54 Å². The third kappa shape index (κ3) is 3.35. The van der Waals surface area contributed by atoms with Crippen molar-refractivity contribution in [3.63, 3.8) is 0 Å². The third-order valence-corrected chi connectivity index (χ3v) is 4.36. The Labute approximate surface area is 115 Å². The van der Waals surface area contributed by atoms with Crippen LogP contribution in [-0.2, 0) is 11.2 Å². The molecule has 1 aromatic rings. The zero-order valence-corrected chi connectivity index (χ0v) is 11.7. The van der Waals surface area contributed by atoms with Crippen LogP contribution in [0.2, 0.25) is 0 Å². The molecule has 1 aliphatic carbocycles. The maximum absolute atomic E-state index is 12.4. The van der Waals surface area contributed by atoms with Gasteiger partial charge < -0.3 is 11.1 Å². The Kier molecular flexibility index (Phi) is 4.59. The second kappa shape index (κ2) is 6.20. The number of rotatable bonds is 6. The number of nitrogens with two attached hydrogens (primary N) is 1. The fraction of sp³-hybridized carbons (Fsp3) is 0.562. The number of carbonyl (C=O) groups is 1. The molecule has 0 bridgehead atoms. The molecule has 3 heteroatoms. The molecule has 1 atom stereocenters. The highest BCUT2D eigenvalue weighted by molar-refractivity contribution is 5.80. The molecule has 104 valence electrons. The zero-order chi connectivity index (χ0) is 13.7. The second-order valence-electron chi connectivity index (χ2n) is 5.60. The summed E-state index contributed by atoms with van der Waals surface area (Å²) < 4.78 is 0. The lowest BCUT2D eigenvalue weighted by molar-refractivity contribution is -0.127. The van der Waals surface area contributed by atoms with Gasteiger partial charge in [0.2, 0.25) is 5.91 Å². The number of hydrogen-bond donors (Lipinski definition) is 2. The topological polar surface area (TPSA) is 55.1 Å². The Morgan fingerprint density at radius 2 is 2.05 bits per heavy atom. The lowest BCUT2D eigenvalue weighted by Crippen LogP contribution is -2.55. The van der Waals surface area contributed by atoms with Crippen molar-refractivity contribution < 1.29 is 4.79 Å². The maximum atomic E-state index is 12.4. The maximum Gasteiger partial charge on any atom is 0.225 e. The monoisotopic (exact) mass is 260 g/mol. The minimum absolute atomic E-state index is 0.0567. The molecule has 0 aliphatic heterocycles. The van der Waals surface area contributed by atoms with Gasteiger partial charge in [-0.25, -0.2) is 0 Å². The number of carbonyl (C=O) groups excluding carboxylic acids is 1. The van der Waals surface area contributed by atoms with Crippen molar-refractivity contribution in [1.82, 2.24) is 5.32 Å². The summed E-state index contributed by atoms with van der Waals surface area (Å²) in [5.41, 5.74) is 7.01. The Morgan fingerprint density at radius 3 is 2.53 bits per heavy atom. The van der Waals surface area contributed by atoms with Gasteiger partial charge in [-0.2, -0.15) is 0 Å². The minimum atomic E-state index is -0.119. The standard InChI is InChI=1S/C16H24N2O/c1-2-16(9-6-10-16)18-15(19)14(12-17)11-13-7-4-3-5-8-13/h3-5,7-8,14H,2,6,9-12,17H2,1H3,(H,18,19). The number of benzene rings is 1. The van der Waals surface area contributed by atoms with Gasteiger partial charge in [-0.3, -0.25) is 4.79 Å². The Hall–Kier alpha value is -1.35. The molecule has 0 spiro atoms. The average molecular weight is 260 g/mol. The first-order valence-electron chi connectivity index (χ1n) is 7.25. The van der Waals surface area contributed by atoms with E-state index in [0.717, 1.165) is 25.7 Å².